The van der Waals surface area contributed by atoms with Crippen LogP contribution in [0.15, 0.2) is 59.5 Å². The molecule has 4 aromatic rings. The van der Waals surface area contributed by atoms with Crippen molar-refractivity contribution in [3.8, 4) is 17.2 Å². The predicted octanol–water partition coefficient (Wildman–Crippen LogP) is 4.12. The summed E-state index contributed by atoms with van der Waals surface area (Å²) in [6, 6.07) is 17.9. The summed E-state index contributed by atoms with van der Waals surface area (Å²) in [4.78, 5) is 36.8. The molecule has 0 aliphatic heterocycles. The minimum Gasteiger partial charge on any atom is -0.372 e. The fourth-order valence-corrected chi connectivity index (χ4v) is 6.45. The molecule has 228 valence electrons. The fraction of sp³-hybridized carbons (Fsp3) is 0.344. The van der Waals surface area contributed by atoms with Gasteiger partial charge >= 0.3 is 0 Å². The Balaban J connectivity index is 1.48. The first-order valence-corrected chi connectivity index (χ1v) is 16.4. The Bertz CT molecular complexity index is 1840. The molecule has 0 radical (unpaired) electrons. The van der Waals surface area contributed by atoms with E-state index in [2.05, 4.69) is 15.3 Å². The van der Waals surface area contributed by atoms with Crippen molar-refractivity contribution in [2.24, 2.45) is 11.7 Å². The SMILES string of the molecule is CNc1nc(C#N)nc2c1cc(C(=O)N(CC(N)=O)Cc1ccc(-c3ccc(S(C)(=O)=O)cc3)cc1)n2CC1CCCCC1. The van der Waals surface area contributed by atoms with Crippen LogP contribution >= 0.6 is 0 Å². The van der Waals surface area contributed by atoms with Gasteiger partial charge in [-0.2, -0.15) is 5.26 Å². The van der Waals surface area contributed by atoms with Crippen molar-refractivity contribution in [2.75, 3.05) is 25.2 Å². The smallest absolute Gasteiger partial charge is 0.271 e. The molecule has 2 heterocycles. The van der Waals surface area contributed by atoms with Gasteiger partial charge in [0.15, 0.2) is 9.84 Å². The normalized spacial score (nSPS) is 13.8. The number of carbonyl (C=O) groups is 2. The number of primary amides is 1. The van der Waals surface area contributed by atoms with E-state index >= 15 is 0 Å². The average Bonchev–Trinajstić information content (AvgIpc) is 3.38. The zero-order valence-corrected chi connectivity index (χ0v) is 25.6. The van der Waals surface area contributed by atoms with Crippen molar-refractivity contribution in [1.29, 1.82) is 5.26 Å². The van der Waals surface area contributed by atoms with Crippen LogP contribution in [0.1, 0.15) is 54.0 Å². The van der Waals surface area contributed by atoms with Crippen molar-refractivity contribution in [2.45, 2.75) is 50.1 Å². The zero-order valence-electron chi connectivity index (χ0n) is 24.8. The largest absolute Gasteiger partial charge is 0.372 e. The van der Waals surface area contributed by atoms with E-state index in [0.717, 1.165) is 42.4 Å². The summed E-state index contributed by atoms with van der Waals surface area (Å²) in [6.45, 7) is 0.410. The van der Waals surface area contributed by atoms with Crippen molar-refractivity contribution in [3.63, 3.8) is 0 Å². The first-order valence-electron chi connectivity index (χ1n) is 14.5. The third-order valence-electron chi connectivity index (χ3n) is 8.05. The molecule has 1 aliphatic carbocycles. The third kappa shape index (κ3) is 6.73. The van der Waals surface area contributed by atoms with E-state index in [0.29, 0.717) is 35.0 Å². The standard InChI is InChI=1S/C32H35N7O4S/c1-35-30-26-16-27(39(19-21-6-4-3-5-7-21)31(26)37-29(17-33)36-30)32(41)38(20-28(34)40)18-22-8-10-23(11-9-22)24-12-14-25(15-13-24)44(2,42)43/h8-16,21H,3-7,18-20H2,1-2H3,(H2,34,40)(H,35,36,37). The number of hydrogen-bond acceptors (Lipinski definition) is 8. The van der Waals surface area contributed by atoms with E-state index in [1.54, 1.807) is 37.4 Å². The summed E-state index contributed by atoms with van der Waals surface area (Å²) >= 11 is 0. The number of amides is 2. The van der Waals surface area contributed by atoms with E-state index < -0.39 is 15.7 Å². The second-order valence-corrected chi connectivity index (χ2v) is 13.3. The molecule has 1 saturated carbocycles. The maximum atomic E-state index is 14.2. The summed E-state index contributed by atoms with van der Waals surface area (Å²) in [7, 11) is -1.59. The molecule has 1 fully saturated rings. The van der Waals surface area contributed by atoms with Crippen LogP contribution in [0.3, 0.4) is 0 Å². The lowest BCUT2D eigenvalue weighted by Gasteiger charge is -2.25. The minimum absolute atomic E-state index is 0.00360. The number of benzene rings is 2. The van der Waals surface area contributed by atoms with Crippen LogP contribution in [-0.2, 0) is 27.7 Å². The van der Waals surface area contributed by atoms with Crippen LogP contribution < -0.4 is 11.1 Å². The molecule has 2 aromatic carbocycles. The van der Waals surface area contributed by atoms with Crippen LogP contribution in [0.5, 0.6) is 0 Å². The average molecular weight is 614 g/mol. The van der Waals surface area contributed by atoms with E-state index in [-0.39, 0.29) is 29.7 Å². The van der Waals surface area contributed by atoms with E-state index in [1.165, 1.54) is 17.6 Å². The van der Waals surface area contributed by atoms with E-state index in [1.807, 2.05) is 34.9 Å². The molecule has 1 aliphatic rings. The third-order valence-corrected chi connectivity index (χ3v) is 9.18. The molecule has 0 atom stereocenters. The van der Waals surface area contributed by atoms with Gasteiger partial charge in [0.2, 0.25) is 11.7 Å². The van der Waals surface area contributed by atoms with Crippen LogP contribution in [0.2, 0.25) is 0 Å². The number of carbonyl (C=O) groups excluding carboxylic acids is 2. The lowest BCUT2D eigenvalue weighted by atomic mass is 9.89. The number of rotatable bonds is 10. The number of nitrogens with one attached hydrogen (secondary N) is 1. The van der Waals surface area contributed by atoms with Gasteiger partial charge in [0, 0.05) is 26.4 Å². The van der Waals surface area contributed by atoms with Gasteiger partial charge in [-0.25, -0.2) is 18.4 Å². The molecule has 0 bridgehead atoms. The van der Waals surface area contributed by atoms with Crippen LogP contribution in [0.4, 0.5) is 5.82 Å². The second kappa shape index (κ2) is 12.9. The van der Waals surface area contributed by atoms with Gasteiger partial charge in [0.05, 0.1) is 10.3 Å². The van der Waals surface area contributed by atoms with Gasteiger partial charge in [-0.3, -0.25) is 9.59 Å². The monoisotopic (exact) mass is 613 g/mol. The molecular weight excluding hydrogens is 578 g/mol. The van der Waals surface area contributed by atoms with Crippen molar-refractivity contribution in [3.05, 3.63) is 71.7 Å². The van der Waals surface area contributed by atoms with Crippen molar-refractivity contribution < 1.29 is 18.0 Å². The summed E-state index contributed by atoms with van der Waals surface area (Å²) < 4.78 is 25.5. The molecular formula is C32H35N7O4S. The Hall–Kier alpha value is -4.76. The fourth-order valence-electron chi connectivity index (χ4n) is 5.82. The molecule has 0 unspecified atom stereocenters. The number of hydrogen-bond donors (Lipinski definition) is 2. The number of nitrogens with two attached hydrogens (primary N) is 1. The van der Waals surface area contributed by atoms with E-state index in [9.17, 15) is 23.3 Å². The van der Waals surface area contributed by atoms with E-state index in [4.69, 9.17) is 5.73 Å². The lowest BCUT2D eigenvalue weighted by molar-refractivity contribution is -0.118. The first-order chi connectivity index (χ1) is 21.1. The molecule has 12 heteroatoms. The first kappa shape index (κ1) is 30.7. The predicted molar refractivity (Wildman–Crippen MR) is 167 cm³/mol. The highest BCUT2D eigenvalue weighted by molar-refractivity contribution is 7.90. The van der Waals surface area contributed by atoms with Gasteiger partial charge in [0.1, 0.15) is 29.8 Å². The minimum atomic E-state index is -3.29. The number of aromatic nitrogens is 3. The summed E-state index contributed by atoms with van der Waals surface area (Å²) in [6.07, 6.45) is 6.68. The maximum Gasteiger partial charge on any atom is 0.271 e. The Labute approximate surface area is 256 Å². The van der Waals surface area contributed by atoms with Crippen LogP contribution in [0.25, 0.3) is 22.2 Å². The lowest BCUT2D eigenvalue weighted by Crippen LogP contribution is -2.39. The number of anilines is 1. The summed E-state index contributed by atoms with van der Waals surface area (Å²) in [5.74, 6) is -0.210. The Morgan fingerprint density at radius 2 is 1.68 bits per heavy atom. The highest BCUT2D eigenvalue weighted by Crippen LogP contribution is 2.31. The number of fused-ring (bicyclic) bond motifs is 1. The number of sulfone groups is 1. The quantitative estimate of drug-likeness (QED) is 0.270. The van der Waals surface area contributed by atoms with Crippen LogP contribution in [-0.4, -0.2) is 59.5 Å². The number of nitriles is 1. The summed E-state index contributed by atoms with van der Waals surface area (Å²) in [5, 5.41) is 13.2. The van der Waals surface area contributed by atoms with Crippen molar-refractivity contribution >= 4 is 38.5 Å². The molecule has 5 rings (SSSR count). The molecule has 11 nitrogen and oxygen atoms in total. The Morgan fingerprint density at radius 1 is 1.05 bits per heavy atom. The maximum absolute atomic E-state index is 14.2. The molecule has 44 heavy (non-hydrogen) atoms. The highest BCUT2D eigenvalue weighted by atomic mass is 32.2. The topological polar surface area (TPSA) is 164 Å². The van der Waals surface area contributed by atoms with Gasteiger partial charge < -0.3 is 20.5 Å². The Kier molecular flexibility index (Phi) is 8.96. The zero-order chi connectivity index (χ0) is 31.4. The van der Waals surface area contributed by atoms with Gasteiger partial charge in [-0.05, 0) is 53.6 Å². The Morgan fingerprint density at radius 3 is 2.25 bits per heavy atom. The second-order valence-electron chi connectivity index (χ2n) is 11.3. The van der Waals surface area contributed by atoms with Crippen molar-refractivity contribution in [1.82, 2.24) is 19.4 Å². The number of nitrogens with zero attached hydrogens (tertiary/aromatic N) is 5. The van der Waals surface area contributed by atoms with Crippen LogP contribution in [0, 0.1) is 17.2 Å². The molecule has 0 spiro atoms. The molecule has 0 saturated heterocycles. The van der Waals surface area contributed by atoms with Gasteiger partial charge in [-0.1, -0.05) is 55.7 Å². The van der Waals surface area contributed by atoms with Gasteiger partial charge in [-0.15, -0.1) is 0 Å². The molecule has 3 N–H and O–H groups in total. The molecule has 2 aromatic heterocycles. The summed E-state index contributed by atoms with van der Waals surface area (Å²) in [5.41, 5.74) is 8.97. The van der Waals surface area contributed by atoms with Gasteiger partial charge in [0.25, 0.3) is 5.91 Å². The molecule has 2 amide bonds. The highest BCUT2D eigenvalue weighted by Gasteiger charge is 2.27.